The third kappa shape index (κ3) is 2.15. The number of nitrogens with zero attached hydrogens (tertiary/aromatic N) is 2. The molecular formula is C14H20N2O2S. The van der Waals surface area contributed by atoms with E-state index in [1.165, 1.54) is 0 Å². The van der Waals surface area contributed by atoms with Crippen molar-refractivity contribution in [1.82, 2.24) is 4.90 Å². The van der Waals surface area contributed by atoms with Crippen LogP contribution in [0.15, 0.2) is 6.07 Å². The number of anilines is 1. The van der Waals surface area contributed by atoms with Gasteiger partial charge in [0.25, 0.3) is 5.91 Å². The van der Waals surface area contributed by atoms with Crippen LogP contribution >= 0.6 is 11.3 Å². The molecular weight excluding hydrogens is 260 g/mol. The van der Waals surface area contributed by atoms with Crippen LogP contribution in [0.25, 0.3) is 0 Å². The Hall–Kier alpha value is -1.07. The molecule has 1 aliphatic heterocycles. The largest absolute Gasteiger partial charge is 0.356 e. The molecule has 5 heteroatoms. The molecule has 19 heavy (non-hydrogen) atoms. The maximum absolute atomic E-state index is 12.5. The highest BCUT2D eigenvalue weighted by atomic mass is 32.1. The minimum Gasteiger partial charge on any atom is -0.356 e. The number of aliphatic hydroxyl groups is 1. The Morgan fingerprint density at radius 1 is 1.47 bits per heavy atom. The van der Waals surface area contributed by atoms with Gasteiger partial charge < -0.3 is 10.0 Å². The van der Waals surface area contributed by atoms with Crippen LogP contribution in [0.5, 0.6) is 0 Å². The molecule has 0 spiro atoms. The molecule has 3 rings (SSSR count). The maximum atomic E-state index is 12.5. The van der Waals surface area contributed by atoms with E-state index in [9.17, 15) is 9.90 Å². The van der Waals surface area contributed by atoms with Gasteiger partial charge in [-0.1, -0.05) is 13.8 Å². The van der Waals surface area contributed by atoms with Crippen molar-refractivity contribution in [3.63, 3.8) is 0 Å². The second-order valence-corrected chi connectivity index (χ2v) is 7.15. The number of aryl methyl sites for hydroxylation is 1. The summed E-state index contributed by atoms with van der Waals surface area (Å²) in [5.41, 5.74) is 0.764. The first-order valence-corrected chi connectivity index (χ1v) is 7.68. The number of fused-ring (bicyclic) bond motifs is 1. The molecule has 1 fully saturated rings. The van der Waals surface area contributed by atoms with Gasteiger partial charge in [-0.3, -0.25) is 9.69 Å². The third-order valence-electron chi connectivity index (χ3n) is 3.59. The van der Waals surface area contributed by atoms with Gasteiger partial charge in [0.05, 0.1) is 5.56 Å². The zero-order chi connectivity index (χ0) is 13.7. The molecule has 2 heterocycles. The van der Waals surface area contributed by atoms with Crippen LogP contribution in [0.4, 0.5) is 5.00 Å². The third-order valence-corrected chi connectivity index (χ3v) is 4.68. The number of hydrogen-bond acceptors (Lipinski definition) is 4. The molecule has 1 unspecified atom stereocenters. The van der Waals surface area contributed by atoms with E-state index >= 15 is 0 Å². The number of carbonyl (C=O) groups excluding carboxylic acids is 1. The lowest BCUT2D eigenvalue weighted by molar-refractivity contribution is -0.00287. The van der Waals surface area contributed by atoms with Gasteiger partial charge in [-0.15, -0.1) is 11.3 Å². The number of thiophene rings is 1. The van der Waals surface area contributed by atoms with Crippen molar-refractivity contribution in [3.8, 4) is 0 Å². The smallest absolute Gasteiger partial charge is 0.260 e. The van der Waals surface area contributed by atoms with E-state index in [-0.39, 0.29) is 11.9 Å². The van der Waals surface area contributed by atoms with Crippen molar-refractivity contribution in [3.05, 3.63) is 16.5 Å². The Morgan fingerprint density at radius 3 is 2.74 bits per heavy atom. The first kappa shape index (κ1) is 12.9. The fourth-order valence-electron chi connectivity index (χ4n) is 2.65. The number of rotatable bonds is 3. The van der Waals surface area contributed by atoms with Gasteiger partial charge in [0.2, 0.25) is 6.35 Å². The van der Waals surface area contributed by atoms with Crippen molar-refractivity contribution >= 4 is 22.2 Å². The highest BCUT2D eigenvalue weighted by Crippen LogP contribution is 2.41. The lowest BCUT2D eigenvalue weighted by atomic mass is 10.1. The van der Waals surface area contributed by atoms with E-state index in [2.05, 4.69) is 13.8 Å². The van der Waals surface area contributed by atoms with Gasteiger partial charge in [-0.2, -0.15) is 0 Å². The van der Waals surface area contributed by atoms with Gasteiger partial charge in [0, 0.05) is 17.5 Å². The molecule has 1 amide bonds. The molecule has 1 N–H and O–H groups in total. The number of amides is 1. The van der Waals surface area contributed by atoms with Crippen LogP contribution in [0.2, 0.25) is 0 Å². The van der Waals surface area contributed by atoms with E-state index < -0.39 is 6.35 Å². The molecule has 1 atom stereocenters. The predicted octanol–water partition coefficient (Wildman–Crippen LogP) is 2.41. The van der Waals surface area contributed by atoms with Crippen LogP contribution in [-0.2, 0) is 0 Å². The van der Waals surface area contributed by atoms with Gasteiger partial charge >= 0.3 is 0 Å². The lowest BCUT2D eigenvalue weighted by Gasteiger charge is -2.42. The summed E-state index contributed by atoms with van der Waals surface area (Å²) in [7, 11) is 0. The SMILES string of the molecule is Cc1cc2c(s1)N(CC(C)C)C(O)N(C1CC1)C2=O. The number of carbonyl (C=O) groups is 1. The zero-order valence-corrected chi connectivity index (χ0v) is 12.4. The quantitative estimate of drug-likeness (QED) is 0.924. The van der Waals surface area contributed by atoms with Crippen molar-refractivity contribution < 1.29 is 9.90 Å². The summed E-state index contributed by atoms with van der Waals surface area (Å²) in [6.07, 6.45) is 1.22. The molecule has 1 aromatic heterocycles. The van der Waals surface area contributed by atoms with Crippen molar-refractivity contribution in [2.75, 3.05) is 11.4 Å². The van der Waals surface area contributed by atoms with E-state index in [0.29, 0.717) is 5.92 Å². The standard InChI is InChI=1S/C14H20N2O2S/c1-8(2)7-15-13-11(6-9(3)19-13)12(17)16(14(15)18)10-4-5-10/h6,8,10,14,18H,4-5,7H2,1-3H3. The average molecular weight is 280 g/mol. The fourth-order valence-corrected chi connectivity index (χ4v) is 3.67. The summed E-state index contributed by atoms with van der Waals surface area (Å²) in [4.78, 5) is 17.3. The minimum absolute atomic E-state index is 0.00523. The monoisotopic (exact) mass is 280 g/mol. The molecule has 1 saturated carbocycles. The second-order valence-electron chi connectivity index (χ2n) is 5.91. The highest BCUT2D eigenvalue weighted by molar-refractivity contribution is 7.16. The average Bonchev–Trinajstić information content (AvgIpc) is 3.06. The maximum Gasteiger partial charge on any atom is 0.260 e. The lowest BCUT2D eigenvalue weighted by Crippen LogP contribution is -2.56. The van der Waals surface area contributed by atoms with Crippen molar-refractivity contribution in [2.24, 2.45) is 5.92 Å². The molecule has 0 saturated heterocycles. The van der Waals surface area contributed by atoms with Gasteiger partial charge in [0.15, 0.2) is 0 Å². The minimum atomic E-state index is -0.798. The summed E-state index contributed by atoms with van der Waals surface area (Å²) >= 11 is 1.60. The molecule has 2 aliphatic rings. The zero-order valence-electron chi connectivity index (χ0n) is 11.6. The van der Waals surface area contributed by atoms with Gasteiger partial charge in [-0.05, 0) is 31.7 Å². The summed E-state index contributed by atoms with van der Waals surface area (Å²) in [5, 5.41) is 11.5. The summed E-state index contributed by atoms with van der Waals surface area (Å²) in [6.45, 7) is 7.04. The molecule has 4 nitrogen and oxygen atoms in total. The van der Waals surface area contributed by atoms with Crippen LogP contribution < -0.4 is 4.90 Å². The van der Waals surface area contributed by atoms with Crippen molar-refractivity contribution in [1.29, 1.82) is 0 Å². The Labute approximate surface area is 117 Å². The summed E-state index contributed by atoms with van der Waals surface area (Å²) < 4.78 is 0. The Bertz CT molecular complexity index is 508. The van der Waals surface area contributed by atoms with Gasteiger partial charge in [-0.25, -0.2) is 0 Å². The Morgan fingerprint density at radius 2 is 2.16 bits per heavy atom. The predicted molar refractivity (Wildman–Crippen MR) is 76.4 cm³/mol. The molecule has 1 aromatic rings. The molecule has 104 valence electrons. The summed E-state index contributed by atoms with van der Waals surface area (Å²) in [6, 6.07) is 2.18. The molecule has 0 aromatic carbocycles. The van der Waals surface area contributed by atoms with Crippen molar-refractivity contribution in [2.45, 2.75) is 46.0 Å². The topological polar surface area (TPSA) is 43.8 Å². The normalized spacial score (nSPS) is 23.2. The van der Waals surface area contributed by atoms with Gasteiger partial charge in [0.1, 0.15) is 5.00 Å². The fraction of sp³-hybridized carbons (Fsp3) is 0.643. The van der Waals surface area contributed by atoms with E-state index in [1.54, 1.807) is 16.2 Å². The molecule has 0 radical (unpaired) electrons. The van der Waals surface area contributed by atoms with Crippen LogP contribution in [0.1, 0.15) is 41.9 Å². The Kier molecular flexibility index (Phi) is 3.06. The van der Waals surface area contributed by atoms with Crippen LogP contribution in [-0.4, -0.2) is 34.9 Å². The molecule has 0 bridgehead atoms. The molecule has 1 aliphatic carbocycles. The van der Waals surface area contributed by atoms with E-state index in [4.69, 9.17) is 0 Å². The second kappa shape index (κ2) is 4.49. The highest BCUT2D eigenvalue weighted by Gasteiger charge is 2.45. The van der Waals surface area contributed by atoms with Crippen LogP contribution in [0.3, 0.4) is 0 Å². The van der Waals surface area contributed by atoms with E-state index in [1.807, 2.05) is 17.9 Å². The first-order chi connectivity index (χ1) is 8.99. The number of hydrogen-bond donors (Lipinski definition) is 1. The number of aliphatic hydroxyl groups excluding tert-OH is 1. The Balaban J connectivity index is 2.02. The summed E-state index contributed by atoms with van der Waals surface area (Å²) in [5.74, 6) is 0.438. The first-order valence-electron chi connectivity index (χ1n) is 6.87. The van der Waals surface area contributed by atoms with E-state index in [0.717, 1.165) is 34.8 Å². The van der Waals surface area contributed by atoms with Crippen LogP contribution in [0, 0.1) is 12.8 Å².